The van der Waals surface area contributed by atoms with Crippen molar-refractivity contribution in [1.82, 2.24) is 10.1 Å². The Kier molecular flexibility index (Phi) is 4.23. The summed E-state index contributed by atoms with van der Waals surface area (Å²) in [6.45, 7) is 8.33. The third-order valence-electron chi connectivity index (χ3n) is 3.58. The third-order valence-corrected chi connectivity index (χ3v) is 3.58. The molecule has 0 aliphatic rings. The summed E-state index contributed by atoms with van der Waals surface area (Å²) in [6.07, 6.45) is 0.913. The van der Waals surface area contributed by atoms with E-state index in [1.807, 2.05) is 18.2 Å². The zero-order chi connectivity index (χ0) is 14.8. The molecule has 2 rings (SSSR count). The maximum atomic E-state index is 6.18. The van der Waals surface area contributed by atoms with Crippen LogP contribution < -0.4 is 5.73 Å². The molecule has 2 aromatic rings. The Morgan fingerprint density at radius 1 is 1.20 bits per heavy atom. The molecule has 0 saturated heterocycles. The molecule has 108 valence electrons. The lowest BCUT2D eigenvalue weighted by atomic mass is 9.87. The van der Waals surface area contributed by atoms with Crippen molar-refractivity contribution in [3.8, 4) is 0 Å². The molecule has 2 unspecified atom stereocenters. The minimum Gasteiger partial charge on any atom is -0.339 e. The Hall–Kier alpha value is -1.68. The van der Waals surface area contributed by atoms with Crippen LogP contribution in [0, 0.1) is 5.41 Å². The molecule has 2 atom stereocenters. The third kappa shape index (κ3) is 3.07. The average Bonchev–Trinajstić information content (AvgIpc) is 2.88. The molecular weight excluding hydrogens is 250 g/mol. The number of hydrogen-bond acceptors (Lipinski definition) is 4. The van der Waals surface area contributed by atoms with Gasteiger partial charge in [-0.05, 0) is 17.4 Å². The molecular formula is C16H23N3O. The molecule has 1 heterocycles. The molecule has 0 aliphatic heterocycles. The van der Waals surface area contributed by atoms with Gasteiger partial charge in [0, 0.05) is 0 Å². The fourth-order valence-electron chi connectivity index (χ4n) is 2.14. The second kappa shape index (κ2) is 5.75. The largest absolute Gasteiger partial charge is 0.339 e. The standard InChI is InChI=1S/C16H23N3O/c1-5-12(11-9-7-6-8-10-11)15-18-14(19-20-15)13(17)16(2,3)4/h6-10,12-13H,5,17H2,1-4H3. The molecule has 0 spiro atoms. The van der Waals surface area contributed by atoms with Gasteiger partial charge in [0.15, 0.2) is 5.82 Å². The predicted octanol–water partition coefficient (Wildman–Crippen LogP) is 3.66. The van der Waals surface area contributed by atoms with Crippen LogP contribution in [0.4, 0.5) is 0 Å². The van der Waals surface area contributed by atoms with Crippen molar-refractivity contribution < 1.29 is 4.52 Å². The predicted molar refractivity (Wildman–Crippen MR) is 79.3 cm³/mol. The van der Waals surface area contributed by atoms with Crippen LogP contribution in [0.1, 0.15) is 63.4 Å². The summed E-state index contributed by atoms with van der Waals surface area (Å²) in [5.74, 6) is 1.36. The highest BCUT2D eigenvalue weighted by Crippen LogP contribution is 2.31. The molecule has 0 aliphatic carbocycles. The lowest BCUT2D eigenvalue weighted by Crippen LogP contribution is -2.27. The molecule has 4 heteroatoms. The first-order chi connectivity index (χ1) is 9.43. The Labute approximate surface area is 120 Å². The highest BCUT2D eigenvalue weighted by atomic mass is 16.5. The maximum Gasteiger partial charge on any atom is 0.234 e. The minimum atomic E-state index is -0.228. The number of aromatic nitrogens is 2. The van der Waals surface area contributed by atoms with Gasteiger partial charge in [0.05, 0.1) is 12.0 Å². The van der Waals surface area contributed by atoms with Gasteiger partial charge in [0.1, 0.15) is 0 Å². The van der Waals surface area contributed by atoms with E-state index in [1.165, 1.54) is 5.56 Å². The van der Waals surface area contributed by atoms with Crippen molar-refractivity contribution in [3.63, 3.8) is 0 Å². The highest BCUT2D eigenvalue weighted by molar-refractivity contribution is 5.24. The minimum absolute atomic E-state index is 0.0877. The van der Waals surface area contributed by atoms with Crippen molar-refractivity contribution in [2.75, 3.05) is 0 Å². The molecule has 20 heavy (non-hydrogen) atoms. The van der Waals surface area contributed by atoms with E-state index in [9.17, 15) is 0 Å². The van der Waals surface area contributed by atoms with E-state index >= 15 is 0 Å². The first-order valence-electron chi connectivity index (χ1n) is 7.07. The van der Waals surface area contributed by atoms with E-state index in [-0.39, 0.29) is 17.4 Å². The van der Waals surface area contributed by atoms with E-state index in [0.29, 0.717) is 11.7 Å². The van der Waals surface area contributed by atoms with Crippen LogP contribution in [0.2, 0.25) is 0 Å². The van der Waals surface area contributed by atoms with Gasteiger partial charge in [-0.1, -0.05) is 63.2 Å². The topological polar surface area (TPSA) is 64.9 Å². The fraction of sp³-hybridized carbons (Fsp3) is 0.500. The Morgan fingerprint density at radius 3 is 2.40 bits per heavy atom. The molecule has 0 amide bonds. The van der Waals surface area contributed by atoms with Gasteiger partial charge in [0.25, 0.3) is 0 Å². The summed E-state index contributed by atoms with van der Waals surface area (Å²) < 4.78 is 5.45. The van der Waals surface area contributed by atoms with Gasteiger partial charge in [-0.15, -0.1) is 0 Å². The van der Waals surface area contributed by atoms with Crippen molar-refractivity contribution in [2.24, 2.45) is 11.1 Å². The van der Waals surface area contributed by atoms with Gasteiger partial charge in [0.2, 0.25) is 5.89 Å². The number of benzene rings is 1. The number of nitrogens with zero attached hydrogens (tertiary/aromatic N) is 2. The second-order valence-corrected chi connectivity index (χ2v) is 6.21. The lowest BCUT2D eigenvalue weighted by Gasteiger charge is -2.23. The number of hydrogen-bond donors (Lipinski definition) is 1. The highest BCUT2D eigenvalue weighted by Gasteiger charge is 2.28. The SMILES string of the molecule is CCC(c1ccccc1)c1nc(C(N)C(C)(C)C)no1. The monoisotopic (exact) mass is 273 g/mol. The Bertz CT molecular complexity index is 542. The summed E-state index contributed by atoms with van der Waals surface area (Å²) in [4.78, 5) is 4.52. The van der Waals surface area contributed by atoms with Crippen LogP contribution in [-0.4, -0.2) is 10.1 Å². The summed E-state index contributed by atoms with van der Waals surface area (Å²) in [7, 11) is 0. The molecule has 4 nitrogen and oxygen atoms in total. The van der Waals surface area contributed by atoms with Crippen molar-refractivity contribution in [3.05, 3.63) is 47.6 Å². The fourth-order valence-corrected chi connectivity index (χ4v) is 2.14. The van der Waals surface area contributed by atoms with Crippen molar-refractivity contribution >= 4 is 0 Å². The summed E-state index contributed by atoms with van der Waals surface area (Å²) >= 11 is 0. The van der Waals surface area contributed by atoms with Gasteiger partial charge >= 0.3 is 0 Å². The summed E-state index contributed by atoms with van der Waals surface area (Å²) in [6, 6.07) is 9.99. The second-order valence-electron chi connectivity index (χ2n) is 6.21. The van der Waals surface area contributed by atoms with Gasteiger partial charge in [-0.25, -0.2) is 0 Å². The lowest BCUT2D eigenvalue weighted by molar-refractivity contribution is 0.299. The molecule has 1 aromatic carbocycles. The van der Waals surface area contributed by atoms with E-state index in [2.05, 4.69) is 50.0 Å². The molecule has 0 radical (unpaired) electrons. The molecule has 2 N–H and O–H groups in total. The van der Waals surface area contributed by atoms with Gasteiger partial charge in [-0.3, -0.25) is 0 Å². The van der Waals surface area contributed by atoms with E-state index in [4.69, 9.17) is 10.3 Å². The Balaban J connectivity index is 2.27. The van der Waals surface area contributed by atoms with Gasteiger partial charge in [-0.2, -0.15) is 4.98 Å². The maximum absolute atomic E-state index is 6.18. The van der Waals surface area contributed by atoms with Gasteiger partial charge < -0.3 is 10.3 Å². The summed E-state index contributed by atoms with van der Waals surface area (Å²) in [5.41, 5.74) is 7.28. The average molecular weight is 273 g/mol. The van der Waals surface area contributed by atoms with Crippen LogP contribution >= 0.6 is 0 Å². The molecule has 0 bridgehead atoms. The van der Waals surface area contributed by atoms with E-state index in [0.717, 1.165) is 6.42 Å². The first kappa shape index (κ1) is 14.7. The zero-order valence-corrected chi connectivity index (χ0v) is 12.6. The zero-order valence-electron chi connectivity index (χ0n) is 12.6. The first-order valence-corrected chi connectivity index (χ1v) is 7.07. The van der Waals surface area contributed by atoms with E-state index in [1.54, 1.807) is 0 Å². The molecule has 1 aromatic heterocycles. The van der Waals surface area contributed by atoms with Crippen LogP contribution in [0.3, 0.4) is 0 Å². The van der Waals surface area contributed by atoms with Crippen LogP contribution in [0.25, 0.3) is 0 Å². The molecule has 0 fully saturated rings. The number of nitrogens with two attached hydrogens (primary N) is 1. The van der Waals surface area contributed by atoms with E-state index < -0.39 is 0 Å². The smallest absolute Gasteiger partial charge is 0.234 e. The molecule has 0 saturated carbocycles. The van der Waals surface area contributed by atoms with Crippen LogP contribution in [0.5, 0.6) is 0 Å². The normalized spacial score (nSPS) is 15.1. The van der Waals surface area contributed by atoms with Crippen molar-refractivity contribution in [1.29, 1.82) is 0 Å². The Morgan fingerprint density at radius 2 is 1.85 bits per heavy atom. The van der Waals surface area contributed by atoms with Crippen molar-refractivity contribution in [2.45, 2.75) is 46.1 Å². The van der Waals surface area contributed by atoms with Crippen LogP contribution in [0.15, 0.2) is 34.9 Å². The summed E-state index contributed by atoms with van der Waals surface area (Å²) in [5, 5.41) is 4.07. The van der Waals surface area contributed by atoms with Crippen LogP contribution in [-0.2, 0) is 0 Å². The quantitative estimate of drug-likeness (QED) is 0.923. The number of rotatable bonds is 4.